The molecular formula is C18H22N4O13. The summed E-state index contributed by atoms with van der Waals surface area (Å²) in [4.78, 5) is 52.3. The zero-order valence-corrected chi connectivity index (χ0v) is 17.6. The molecule has 0 amide bonds. The van der Waals surface area contributed by atoms with Gasteiger partial charge in [0.1, 0.15) is 24.4 Å². The molecule has 0 aromatic carbocycles. The van der Waals surface area contributed by atoms with Crippen LogP contribution in [0.1, 0.15) is 0 Å². The Balaban J connectivity index is 2.00. The molecule has 0 radical (unpaired) electrons. The van der Waals surface area contributed by atoms with Gasteiger partial charge in [0.05, 0.1) is 13.2 Å². The molecule has 2 fully saturated rings. The molecule has 2 aromatic rings. The van der Waals surface area contributed by atoms with Gasteiger partial charge in [0, 0.05) is 24.5 Å². The molecular weight excluding hydrogens is 480 g/mol. The Hall–Kier alpha value is -3.00. The summed E-state index contributed by atoms with van der Waals surface area (Å²) in [6.45, 7) is -1.81. The van der Waals surface area contributed by atoms with Gasteiger partial charge in [0.15, 0.2) is 12.2 Å². The van der Waals surface area contributed by atoms with Gasteiger partial charge in [-0.1, -0.05) is 0 Å². The lowest BCUT2D eigenvalue weighted by Gasteiger charge is -2.42. The lowest BCUT2D eigenvalue weighted by atomic mass is 10.1. The highest BCUT2D eigenvalue weighted by molar-refractivity contribution is 5.03. The molecule has 2 aliphatic heterocycles. The monoisotopic (exact) mass is 502 g/mol. The summed E-state index contributed by atoms with van der Waals surface area (Å²) in [6, 6.07) is 1.63. The van der Waals surface area contributed by atoms with Crippen molar-refractivity contribution in [2.45, 2.75) is 48.4 Å². The van der Waals surface area contributed by atoms with Crippen LogP contribution in [0.3, 0.4) is 0 Å². The second-order valence-electron chi connectivity index (χ2n) is 7.87. The maximum Gasteiger partial charge on any atom is 0.332 e. The van der Waals surface area contributed by atoms with Gasteiger partial charge in [0.2, 0.25) is 0 Å². The van der Waals surface area contributed by atoms with Crippen molar-refractivity contribution in [2.75, 3.05) is 13.2 Å². The SMILES string of the molecule is O=c1ccn([C@]2(O[C@@]3(n4ccc(=O)[nH]c4=O)O[C@H](CO)[C@@H](O)[C@H]3O)O[C@H](CO)[C@@H](O)[C@H]2O)c(=O)[nH]1. The second kappa shape index (κ2) is 8.90. The summed E-state index contributed by atoms with van der Waals surface area (Å²) in [6.07, 6.45) is -9.90. The fourth-order valence-corrected chi connectivity index (χ4v) is 4.04. The number of hydrogen-bond donors (Lipinski definition) is 8. The average Bonchev–Trinajstić information content (AvgIpc) is 3.20. The van der Waals surface area contributed by atoms with Crippen LogP contribution in [0.4, 0.5) is 0 Å². The third-order valence-electron chi connectivity index (χ3n) is 5.77. The molecule has 17 nitrogen and oxygen atoms in total. The fourth-order valence-electron chi connectivity index (χ4n) is 4.04. The molecule has 2 aromatic heterocycles. The number of nitrogens with one attached hydrogen (secondary N) is 2. The van der Waals surface area contributed by atoms with Gasteiger partial charge in [-0.25, -0.2) is 18.7 Å². The molecule has 4 rings (SSSR count). The minimum atomic E-state index is -2.91. The van der Waals surface area contributed by atoms with Crippen molar-refractivity contribution < 1.29 is 44.8 Å². The van der Waals surface area contributed by atoms with E-state index in [4.69, 9.17) is 14.2 Å². The van der Waals surface area contributed by atoms with Crippen LogP contribution < -0.4 is 22.5 Å². The zero-order chi connectivity index (χ0) is 25.7. The molecule has 8 atom stereocenters. The molecule has 8 N–H and O–H groups in total. The Bertz CT molecular complexity index is 1220. The Morgan fingerprint density at radius 3 is 1.43 bits per heavy atom. The van der Waals surface area contributed by atoms with Crippen molar-refractivity contribution in [3.8, 4) is 0 Å². The van der Waals surface area contributed by atoms with E-state index >= 15 is 0 Å². The number of rotatable bonds is 6. The molecule has 0 unspecified atom stereocenters. The topological polar surface area (TPSA) is 259 Å². The molecule has 0 saturated carbocycles. The first-order valence-electron chi connectivity index (χ1n) is 10.2. The Labute approximate surface area is 192 Å². The molecule has 0 aliphatic carbocycles. The number of ether oxygens (including phenoxy) is 3. The van der Waals surface area contributed by atoms with E-state index in [1.807, 2.05) is 9.97 Å². The van der Waals surface area contributed by atoms with E-state index in [1.165, 1.54) is 0 Å². The van der Waals surface area contributed by atoms with Gasteiger partial charge in [-0.15, -0.1) is 0 Å². The molecule has 35 heavy (non-hydrogen) atoms. The fraction of sp³-hybridized carbons (Fsp3) is 0.556. The van der Waals surface area contributed by atoms with Gasteiger partial charge >= 0.3 is 11.4 Å². The first kappa shape index (κ1) is 25.1. The van der Waals surface area contributed by atoms with E-state index in [0.29, 0.717) is 9.13 Å². The van der Waals surface area contributed by atoms with E-state index in [9.17, 15) is 49.8 Å². The summed E-state index contributed by atoms with van der Waals surface area (Å²) < 4.78 is 17.7. The van der Waals surface area contributed by atoms with E-state index in [1.54, 1.807) is 0 Å². The standard InChI is InChI=1S/C18H22N4O13/c23-5-7-11(27)13(29)17(33-7,21-3-1-9(25)19-15(21)31)35-18(14(30)12(28)8(6-24)34-18)22-4-2-10(26)20-16(22)32/h1-4,7-8,11-14,23-24,27-30H,5-6H2,(H,19,25,31)(H,20,26,32)/t7-,8-,11-,12-,13-,14-,17+,18+/m1/s1. The van der Waals surface area contributed by atoms with E-state index in [-0.39, 0.29) is 0 Å². The highest BCUT2D eigenvalue weighted by Crippen LogP contribution is 2.45. The van der Waals surface area contributed by atoms with Crippen LogP contribution in [0, 0.1) is 0 Å². The maximum atomic E-state index is 12.7. The van der Waals surface area contributed by atoms with Gasteiger partial charge in [-0.3, -0.25) is 24.3 Å². The van der Waals surface area contributed by atoms with Gasteiger partial charge in [-0.2, -0.15) is 0 Å². The van der Waals surface area contributed by atoms with Crippen molar-refractivity contribution in [1.82, 2.24) is 19.1 Å². The normalized spacial score (nSPS) is 37.1. The Kier molecular flexibility index (Phi) is 6.38. The van der Waals surface area contributed by atoms with Crippen molar-refractivity contribution in [1.29, 1.82) is 0 Å². The van der Waals surface area contributed by atoms with Crippen molar-refractivity contribution in [2.24, 2.45) is 0 Å². The molecule has 192 valence electrons. The van der Waals surface area contributed by atoms with Crippen molar-refractivity contribution >= 4 is 0 Å². The van der Waals surface area contributed by atoms with E-state index in [0.717, 1.165) is 24.5 Å². The predicted octanol–water partition coefficient (Wildman–Crippen LogP) is -6.45. The van der Waals surface area contributed by atoms with Gasteiger partial charge in [0.25, 0.3) is 22.9 Å². The van der Waals surface area contributed by atoms with Gasteiger partial charge < -0.3 is 40.1 Å². The number of aliphatic hydroxyl groups is 6. The highest BCUT2D eigenvalue weighted by atomic mass is 16.8. The van der Waals surface area contributed by atoms with Crippen LogP contribution in [-0.4, -0.2) is 99.6 Å². The number of nitrogens with zero attached hydrogens (tertiary/aromatic N) is 2. The van der Waals surface area contributed by atoms with Crippen LogP contribution in [-0.2, 0) is 26.0 Å². The van der Waals surface area contributed by atoms with Crippen molar-refractivity contribution in [3.05, 3.63) is 66.2 Å². The molecule has 2 saturated heterocycles. The average molecular weight is 502 g/mol. The summed E-state index contributed by atoms with van der Waals surface area (Å²) in [5.74, 6) is -5.82. The third-order valence-corrected chi connectivity index (χ3v) is 5.77. The lowest BCUT2D eigenvalue weighted by molar-refractivity contribution is -0.448. The van der Waals surface area contributed by atoms with Crippen LogP contribution in [0.5, 0.6) is 0 Å². The largest absolute Gasteiger partial charge is 0.394 e. The van der Waals surface area contributed by atoms with Crippen LogP contribution in [0.15, 0.2) is 43.7 Å². The molecule has 4 heterocycles. The highest BCUT2D eigenvalue weighted by Gasteiger charge is 2.67. The number of H-pyrrole nitrogens is 2. The molecule has 0 bridgehead atoms. The Morgan fingerprint density at radius 2 is 1.14 bits per heavy atom. The molecule has 2 aliphatic rings. The summed E-state index contributed by atoms with van der Waals surface area (Å²) >= 11 is 0. The quantitative estimate of drug-likeness (QED) is 0.183. The minimum Gasteiger partial charge on any atom is -0.394 e. The van der Waals surface area contributed by atoms with Crippen LogP contribution in [0.2, 0.25) is 0 Å². The van der Waals surface area contributed by atoms with Crippen molar-refractivity contribution in [3.63, 3.8) is 0 Å². The second-order valence-corrected chi connectivity index (χ2v) is 7.87. The number of aliphatic hydroxyl groups excluding tert-OH is 6. The predicted molar refractivity (Wildman–Crippen MR) is 108 cm³/mol. The first-order valence-corrected chi connectivity index (χ1v) is 10.2. The Morgan fingerprint density at radius 1 is 0.771 bits per heavy atom. The molecule has 17 heteroatoms. The number of hydrogen-bond acceptors (Lipinski definition) is 13. The van der Waals surface area contributed by atoms with E-state index in [2.05, 4.69) is 0 Å². The summed E-state index contributed by atoms with van der Waals surface area (Å²) in [5.41, 5.74) is -4.24. The third kappa shape index (κ3) is 3.78. The molecule has 0 spiro atoms. The summed E-state index contributed by atoms with van der Waals surface area (Å²) in [5, 5.41) is 61.9. The lowest BCUT2D eigenvalue weighted by Crippen LogP contribution is -2.62. The van der Waals surface area contributed by atoms with E-state index < -0.39 is 84.2 Å². The van der Waals surface area contributed by atoms with Crippen LogP contribution >= 0.6 is 0 Å². The summed E-state index contributed by atoms with van der Waals surface area (Å²) in [7, 11) is 0. The zero-order valence-electron chi connectivity index (χ0n) is 17.6. The number of aromatic amines is 2. The first-order chi connectivity index (χ1) is 16.5. The van der Waals surface area contributed by atoms with Gasteiger partial charge in [-0.05, 0) is 0 Å². The minimum absolute atomic E-state index is 0.450. The number of aromatic nitrogens is 4. The smallest absolute Gasteiger partial charge is 0.332 e. The van der Waals surface area contributed by atoms with Crippen LogP contribution in [0.25, 0.3) is 0 Å². The maximum absolute atomic E-state index is 12.7.